The van der Waals surface area contributed by atoms with E-state index in [1.165, 1.54) is 25.7 Å². The number of aromatic amines is 1. The molecule has 0 radical (unpaired) electrons. The van der Waals surface area contributed by atoms with Crippen molar-refractivity contribution in [2.24, 2.45) is 5.92 Å². The first-order chi connectivity index (χ1) is 13.1. The monoisotopic (exact) mass is 372 g/mol. The van der Waals surface area contributed by atoms with Crippen molar-refractivity contribution >= 4 is 5.91 Å². The Kier molecular flexibility index (Phi) is 5.62. The Morgan fingerprint density at radius 2 is 2.00 bits per heavy atom. The molecule has 1 saturated heterocycles. The van der Waals surface area contributed by atoms with Gasteiger partial charge in [0.15, 0.2) is 0 Å². The van der Waals surface area contributed by atoms with Crippen LogP contribution in [-0.2, 0) is 17.8 Å². The Hall–Kier alpha value is -1.69. The number of aromatic nitrogens is 2. The van der Waals surface area contributed by atoms with Crippen LogP contribution < -0.4 is 5.56 Å². The molecule has 1 saturated carbocycles. The van der Waals surface area contributed by atoms with E-state index in [4.69, 9.17) is 4.98 Å². The summed E-state index contributed by atoms with van der Waals surface area (Å²) in [6, 6.07) is 0. The molecule has 3 heterocycles. The number of H-pyrrole nitrogens is 1. The van der Waals surface area contributed by atoms with Crippen molar-refractivity contribution in [3.8, 4) is 0 Å². The lowest BCUT2D eigenvalue weighted by molar-refractivity contribution is -0.132. The van der Waals surface area contributed by atoms with Crippen LogP contribution in [0.3, 0.4) is 0 Å². The fourth-order valence-electron chi connectivity index (χ4n) is 4.98. The third-order valence-corrected chi connectivity index (χ3v) is 6.68. The van der Waals surface area contributed by atoms with Gasteiger partial charge in [-0.1, -0.05) is 25.7 Å². The van der Waals surface area contributed by atoms with Gasteiger partial charge in [-0.2, -0.15) is 0 Å². The second-order valence-electron chi connectivity index (χ2n) is 8.73. The van der Waals surface area contributed by atoms with Gasteiger partial charge < -0.3 is 14.8 Å². The normalized spacial score (nSPS) is 24.2. The van der Waals surface area contributed by atoms with Gasteiger partial charge in [-0.15, -0.1) is 0 Å². The molecule has 1 N–H and O–H groups in total. The summed E-state index contributed by atoms with van der Waals surface area (Å²) in [5.41, 5.74) is 1.77. The van der Waals surface area contributed by atoms with Gasteiger partial charge in [0.2, 0.25) is 5.91 Å². The van der Waals surface area contributed by atoms with E-state index in [1.54, 1.807) is 0 Å². The summed E-state index contributed by atoms with van der Waals surface area (Å²) in [6.07, 6.45) is 9.79. The molecule has 1 atom stereocenters. The number of nitrogens with one attached hydrogen (secondary N) is 1. The zero-order chi connectivity index (χ0) is 18.8. The standard InChI is InChI=1S/C21H32N4O2/c1-24-12-10-18-17(14-24)21(27)23-20(22-18)16-7-4-11-25(13-16)19(26)9-8-15-5-2-3-6-15/h15-16H,2-14H2,1H3,(H,22,23,27)/t16-/m0/s1. The Bertz CT molecular complexity index is 738. The summed E-state index contributed by atoms with van der Waals surface area (Å²) in [6.45, 7) is 3.17. The van der Waals surface area contributed by atoms with Crippen LogP contribution in [0, 0.1) is 5.92 Å². The molecule has 0 spiro atoms. The van der Waals surface area contributed by atoms with Crippen molar-refractivity contribution in [3.05, 3.63) is 27.4 Å². The quantitative estimate of drug-likeness (QED) is 0.881. The first kappa shape index (κ1) is 18.7. The fourth-order valence-corrected chi connectivity index (χ4v) is 4.98. The van der Waals surface area contributed by atoms with E-state index in [2.05, 4.69) is 9.88 Å². The number of carbonyl (C=O) groups excluding carboxylic acids is 1. The fraction of sp³-hybridized carbons (Fsp3) is 0.762. The summed E-state index contributed by atoms with van der Waals surface area (Å²) >= 11 is 0. The van der Waals surface area contributed by atoms with E-state index >= 15 is 0 Å². The van der Waals surface area contributed by atoms with Gasteiger partial charge >= 0.3 is 0 Å². The number of piperidine rings is 1. The number of carbonyl (C=O) groups is 1. The van der Waals surface area contributed by atoms with Crippen LogP contribution in [0.25, 0.3) is 0 Å². The number of hydrogen-bond acceptors (Lipinski definition) is 4. The van der Waals surface area contributed by atoms with Gasteiger partial charge in [-0.05, 0) is 32.2 Å². The Balaban J connectivity index is 1.41. The molecule has 6 nitrogen and oxygen atoms in total. The smallest absolute Gasteiger partial charge is 0.255 e. The highest BCUT2D eigenvalue weighted by atomic mass is 16.2. The van der Waals surface area contributed by atoms with Gasteiger partial charge in [0, 0.05) is 44.9 Å². The minimum Gasteiger partial charge on any atom is -0.342 e. The van der Waals surface area contributed by atoms with Crippen LogP contribution in [0.15, 0.2) is 4.79 Å². The summed E-state index contributed by atoms with van der Waals surface area (Å²) < 4.78 is 0. The van der Waals surface area contributed by atoms with Gasteiger partial charge in [-0.3, -0.25) is 9.59 Å². The molecule has 4 rings (SSSR count). The molecule has 6 heteroatoms. The summed E-state index contributed by atoms with van der Waals surface area (Å²) in [5.74, 6) is 1.99. The van der Waals surface area contributed by atoms with Crippen molar-refractivity contribution in [2.75, 3.05) is 26.7 Å². The predicted octanol–water partition coefficient (Wildman–Crippen LogP) is 2.43. The van der Waals surface area contributed by atoms with E-state index in [1.807, 2.05) is 11.9 Å². The molecule has 0 aromatic carbocycles. The molecule has 1 aromatic heterocycles. The highest BCUT2D eigenvalue weighted by Crippen LogP contribution is 2.30. The molecule has 148 valence electrons. The van der Waals surface area contributed by atoms with E-state index in [9.17, 15) is 9.59 Å². The highest BCUT2D eigenvalue weighted by Gasteiger charge is 2.28. The van der Waals surface area contributed by atoms with Gasteiger partial charge in [0.25, 0.3) is 5.56 Å². The van der Waals surface area contributed by atoms with Crippen molar-refractivity contribution in [2.45, 2.75) is 70.3 Å². The lowest BCUT2D eigenvalue weighted by Crippen LogP contribution is -2.40. The molecule has 2 fully saturated rings. The van der Waals surface area contributed by atoms with Crippen LogP contribution in [0.2, 0.25) is 0 Å². The van der Waals surface area contributed by atoms with Crippen LogP contribution in [0.1, 0.15) is 74.4 Å². The Morgan fingerprint density at radius 1 is 1.19 bits per heavy atom. The second-order valence-corrected chi connectivity index (χ2v) is 8.73. The summed E-state index contributed by atoms with van der Waals surface area (Å²) in [4.78, 5) is 37.2. The van der Waals surface area contributed by atoms with Crippen LogP contribution in [-0.4, -0.2) is 52.4 Å². The summed E-state index contributed by atoms with van der Waals surface area (Å²) in [5, 5.41) is 0. The minimum absolute atomic E-state index is 0.00577. The maximum atomic E-state index is 12.7. The van der Waals surface area contributed by atoms with E-state index in [0.717, 1.165) is 61.8 Å². The van der Waals surface area contributed by atoms with Crippen LogP contribution in [0.5, 0.6) is 0 Å². The SMILES string of the molecule is CN1CCc2nc([C@H]3CCCN(C(=O)CCC4CCCC4)C3)[nH]c(=O)c2C1. The predicted molar refractivity (Wildman–Crippen MR) is 105 cm³/mol. The maximum absolute atomic E-state index is 12.7. The second kappa shape index (κ2) is 8.13. The number of hydrogen-bond donors (Lipinski definition) is 1. The molecular weight excluding hydrogens is 340 g/mol. The third-order valence-electron chi connectivity index (χ3n) is 6.68. The number of likely N-dealkylation sites (N-methyl/N-ethyl adjacent to an activating group) is 1. The van der Waals surface area contributed by atoms with Gasteiger partial charge in [0.1, 0.15) is 5.82 Å². The van der Waals surface area contributed by atoms with Crippen molar-refractivity contribution in [3.63, 3.8) is 0 Å². The first-order valence-electron chi connectivity index (χ1n) is 10.7. The number of amides is 1. The number of nitrogens with zero attached hydrogens (tertiary/aromatic N) is 3. The molecule has 0 bridgehead atoms. The molecule has 0 unspecified atom stereocenters. The largest absolute Gasteiger partial charge is 0.342 e. The lowest BCUT2D eigenvalue weighted by atomic mass is 9.95. The van der Waals surface area contributed by atoms with Crippen molar-refractivity contribution in [1.82, 2.24) is 19.8 Å². The zero-order valence-electron chi connectivity index (χ0n) is 16.5. The van der Waals surface area contributed by atoms with Crippen molar-refractivity contribution in [1.29, 1.82) is 0 Å². The number of likely N-dealkylation sites (tertiary alicyclic amines) is 1. The molecule has 1 amide bonds. The lowest BCUT2D eigenvalue weighted by Gasteiger charge is -2.33. The number of fused-ring (bicyclic) bond motifs is 1. The maximum Gasteiger partial charge on any atom is 0.255 e. The average molecular weight is 373 g/mol. The molecule has 1 aliphatic carbocycles. The first-order valence-corrected chi connectivity index (χ1v) is 10.7. The topological polar surface area (TPSA) is 69.3 Å². The van der Waals surface area contributed by atoms with E-state index in [0.29, 0.717) is 19.5 Å². The van der Waals surface area contributed by atoms with Crippen LogP contribution in [0.4, 0.5) is 0 Å². The van der Waals surface area contributed by atoms with Crippen LogP contribution >= 0.6 is 0 Å². The molecular formula is C21H32N4O2. The molecule has 3 aliphatic rings. The minimum atomic E-state index is 0.00577. The highest BCUT2D eigenvalue weighted by molar-refractivity contribution is 5.76. The van der Waals surface area contributed by atoms with E-state index in [-0.39, 0.29) is 17.4 Å². The molecule has 2 aliphatic heterocycles. The molecule has 27 heavy (non-hydrogen) atoms. The van der Waals surface area contributed by atoms with E-state index < -0.39 is 0 Å². The zero-order valence-corrected chi connectivity index (χ0v) is 16.5. The molecule has 1 aromatic rings. The van der Waals surface area contributed by atoms with Crippen molar-refractivity contribution < 1.29 is 4.79 Å². The van der Waals surface area contributed by atoms with Gasteiger partial charge in [-0.25, -0.2) is 4.98 Å². The Labute approximate surface area is 161 Å². The third kappa shape index (κ3) is 4.26. The average Bonchev–Trinajstić information content (AvgIpc) is 3.20. The summed E-state index contributed by atoms with van der Waals surface area (Å²) in [7, 11) is 2.03. The Morgan fingerprint density at radius 3 is 2.81 bits per heavy atom. The number of rotatable bonds is 4. The van der Waals surface area contributed by atoms with Gasteiger partial charge in [0.05, 0.1) is 11.3 Å².